The third kappa shape index (κ3) is 2.76. The van der Waals surface area contributed by atoms with Gasteiger partial charge in [-0.3, -0.25) is 5.41 Å². The summed E-state index contributed by atoms with van der Waals surface area (Å²) in [5.74, 6) is 1.63. The Morgan fingerprint density at radius 2 is 1.44 bits per heavy atom. The molecule has 0 aliphatic heterocycles. The van der Waals surface area contributed by atoms with Crippen LogP contribution >= 0.6 is 0 Å². The molecule has 0 fully saturated rings. The van der Waals surface area contributed by atoms with Gasteiger partial charge in [0.1, 0.15) is 17.5 Å². The lowest BCUT2D eigenvalue weighted by Gasteiger charge is -1.96. The summed E-state index contributed by atoms with van der Waals surface area (Å²) >= 11 is 0. The minimum Gasteiger partial charge on any atom is -0.384 e. The molecule has 0 unspecified atom stereocenters. The number of nitrogen functional groups attached to an aromatic ring is 1. The largest absolute Gasteiger partial charge is 0.384 e. The predicted octanol–water partition coefficient (Wildman–Crippen LogP) is 2.70. The smallest absolute Gasteiger partial charge is 0.122 e. The lowest BCUT2D eigenvalue weighted by molar-refractivity contribution is 0.960. The standard InChI is InChI=1S/C18H17N7/c1-9(19)10-2-4-12-14(6-10)24-16(22-12)8-17-23-13-5-3-11(18(20)21)7-15(13)25-17/h2-7,19H,8H2,1H3,(H3,20,21)(H,22,24)(H,23,25). The van der Waals surface area contributed by atoms with Gasteiger partial charge in [-0.2, -0.15) is 0 Å². The zero-order chi connectivity index (χ0) is 17.6. The Labute approximate surface area is 143 Å². The molecule has 0 radical (unpaired) electrons. The number of nitrogens with zero attached hydrogens (tertiary/aromatic N) is 2. The fourth-order valence-corrected chi connectivity index (χ4v) is 2.85. The molecular formula is C18H17N7. The minimum absolute atomic E-state index is 0.0348. The van der Waals surface area contributed by atoms with Crippen molar-refractivity contribution < 1.29 is 0 Å². The Morgan fingerprint density at radius 3 is 1.96 bits per heavy atom. The third-order valence-electron chi connectivity index (χ3n) is 4.14. The highest BCUT2D eigenvalue weighted by Crippen LogP contribution is 2.18. The van der Waals surface area contributed by atoms with Crippen molar-refractivity contribution in [3.63, 3.8) is 0 Å². The molecule has 2 heterocycles. The van der Waals surface area contributed by atoms with Crippen molar-refractivity contribution in [3.05, 3.63) is 59.2 Å². The van der Waals surface area contributed by atoms with Crippen molar-refractivity contribution in [2.24, 2.45) is 5.73 Å². The average Bonchev–Trinajstić information content (AvgIpc) is 3.15. The molecule has 0 saturated carbocycles. The number of nitrogens with two attached hydrogens (primary N) is 1. The lowest BCUT2D eigenvalue weighted by atomic mass is 10.1. The van der Waals surface area contributed by atoms with Crippen LogP contribution in [0.4, 0.5) is 0 Å². The van der Waals surface area contributed by atoms with E-state index in [1.807, 2.05) is 30.3 Å². The van der Waals surface area contributed by atoms with E-state index in [-0.39, 0.29) is 5.84 Å². The number of imidazole rings is 2. The predicted molar refractivity (Wildman–Crippen MR) is 98.5 cm³/mol. The van der Waals surface area contributed by atoms with Crippen molar-refractivity contribution in [2.45, 2.75) is 13.3 Å². The molecular weight excluding hydrogens is 314 g/mol. The zero-order valence-electron chi connectivity index (χ0n) is 13.6. The molecule has 0 atom stereocenters. The maximum atomic E-state index is 7.73. The van der Waals surface area contributed by atoms with Gasteiger partial charge in [-0.25, -0.2) is 9.97 Å². The summed E-state index contributed by atoms with van der Waals surface area (Å²) in [7, 11) is 0. The van der Waals surface area contributed by atoms with Gasteiger partial charge >= 0.3 is 0 Å². The first kappa shape index (κ1) is 15.1. The summed E-state index contributed by atoms with van der Waals surface area (Å²) in [4.78, 5) is 15.7. The van der Waals surface area contributed by atoms with Crippen LogP contribution in [0.2, 0.25) is 0 Å². The highest BCUT2D eigenvalue weighted by molar-refractivity contribution is 5.99. The number of rotatable bonds is 4. The van der Waals surface area contributed by atoms with Gasteiger partial charge in [-0.1, -0.05) is 6.07 Å². The highest BCUT2D eigenvalue weighted by Gasteiger charge is 2.09. The number of hydrogen-bond acceptors (Lipinski definition) is 4. The summed E-state index contributed by atoms with van der Waals surface area (Å²) < 4.78 is 0. The molecule has 6 N–H and O–H groups in total. The summed E-state index contributed by atoms with van der Waals surface area (Å²) in [5.41, 5.74) is 11.1. The second-order valence-corrected chi connectivity index (χ2v) is 6.05. The Hall–Kier alpha value is -3.48. The quantitative estimate of drug-likeness (QED) is 0.291. The van der Waals surface area contributed by atoms with E-state index < -0.39 is 0 Å². The number of H-pyrrole nitrogens is 2. The first-order valence-electron chi connectivity index (χ1n) is 7.87. The normalized spacial score (nSPS) is 11.2. The monoisotopic (exact) mass is 331 g/mol. The minimum atomic E-state index is 0.0348. The van der Waals surface area contributed by atoms with Crippen LogP contribution in [0.1, 0.15) is 29.7 Å². The molecule has 0 amide bonds. The van der Waals surface area contributed by atoms with E-state index >= 15 is 0 Å². The van der Waals surface area contributed by atoms with Crippen LogP contribution in [0.5, 0.6) is 0 Å². The van der Waals surface area contributed by atoms with Crippen molar-refractivity contribution in [1.29, 1.82) is 10.8 Å². The first-order valence-corrected chi connectivity index (χ1v) is 7.87. The molecule has 124 valence electrons. The van der Waals surface area contributed by atoms with E-state index in [1.54, 1.807) is 13.0 Å². The molecule has 0 aliphatic carbocycles. The lowest BCUT2D eigenvalue weighted by Crippen LogP contribution is -2.10. The third-order valence-corrected chi connectivity index (χ3v) is 4.14. The van der Waals surface area contributed by atoms with Crippen LogP contribution < -0.4 is 5.73 Å². The topological polar surface area (TPSA) is 131 Å². The number of nitrogens with one attached hydrogen (secondary N) is 4. The molecule has 4 rings (SSSR count). The fourth-order valence-electron chi connectivity index (χ4n) is 2.85. The van der Waals surface area contributed by atoms with Gasteiger partial charge in [0.2, 0.25) is 0 Å². The van der Waals surface area contributed by atoms with Crippen LogP contribution in [0.3, 0.4) is 0 Å². The molecule has 0 bridgehead atoms. The fraction of sp³-hybridized carbons (Fsp3) is 0.111. The van der Waals surface area contributed by atoms with E-state index in [2.05, 4.69) is 19.9 Å². The SMILES string of the molecule is CC(=N)c1ccc2nc(Cc3nc4ccc(C(=N)N)cc4[nH]3)[nH]c2c1. The molecule has 7 nitrogen and oxygen atoms in total. The summed E-state index contributed by atoms with van der Waals surface area (Å²) in [6.45, 7) is 1.77. The average molecular weight is 331 g/mol. The molecule has 25 heavy (non-hydrogen) atoms. The van der Waals surface area contributed by atoms with Gasteiger partial charge in [0.25, 0.3) is 0 Å². The van der Waals surface area contributed by atoms with Gasteiger partial charge in [-0.05, 0) is 42.8 Å². The Balaban J connectivity index is 1.67. The number of fused-ring (bicyclic) bond motifs is 2. The van der Waals surface area contributed by atoms with Crippen LogP contribution in [-0.4, -0.2) is 31.5 Å². The summed E-state index contributed by atoms with van der Waals surface area (Å²) in [6.07, 6.45) is 0.539. The molecule has 2 aromatic heterocycles. The Morgan fingerprint density at radius 1 is 0.920 bits per heavy atom. The highest BCUT2D eigenvalue weighted by atomic mass is 15.0. The van der Waals surface area contributed by atoms with Crippen LogP contribution in [0.15, 0.2) is 36.4 Å². The maximum absolute atomic E-state index is 7.73. The summed E-state index contributed by atoms with van der Waals surface area (Å²) in [6, 6.07) is 11.2. The molecule has 0 saturated heterocycles. The molecule has 7 heteroatoms. The number of aromatic amines is 2. The van der Waals surface area contributed by atoms with Crippen molar-refractivity contribution in [2.75, 3.05) is 0 Å². The zero-order valence-corrected chi connectivity index (χ0v) is 13.6. The van der Waals surface area contributed by atoms with Crippen molar-refractivity contribution in [3.8, 4) is 0 Å². The van der Waals surface area contributed by atoms with Crippen molar-refractivity contribution >= 4 is 33.6 Å². The number of hydrogen-bond donors (Lipinski definition) is 5. The van der Waals surface area contributed by atoms with Crippen molar-refractivity contribution in [1.82, 2.24) is 19.9 Å². The van der Waals surface area contributed by atoms with Gasteiger partial charge in [-0.15, -0.1) is 0 Å². The second kappa shape index (κ2) is 5.55. The van der Waals surface area contributed by atoms with Crippen LogP contribution in [0.25, 0.3) is 22.1 Å². The van der Waals surface area contributed by atoms with Gasteiger partial charge in [0, 0.05) is 11.3 Å². The Kier molecular flexibility index (Phi) is 3.35. The van der Waals surface area contributed by atoms with Gasteiger partial charge in [0.15, 0.2) is 0 Å². The second-order valence-electron chi connectivity index (χ2n) is 6.05. The first-order chi connectivity index (χ1) is 12.0. The summed E-state index contributed by atoms with van der Waals surface area (Å²) in [5, 5.41) is 15.3. The van der Waals surface area contributed by atoms with E-state index in [9.17, 15) is 0 Å². The van der Waals surface area contributed by atoms with E-state index in [0.29, 0.717) is 17.7 Å². The number of aromatic nitrogens is 4. The molecule has 0 aliphatic rings. The van der Waals surface area contributed by atoms with Gasteiger partial charge in [0.05, 0.1) is 28.5 Å². The number of benzene rings is 2. The Bertz CT molecular complexity index is 1040. The molecule has 0 spiro atoms. The van der Waals surface area contributed by atoms with Crippen LogP contribution in [0, 0.1) is 10.8 Å². The van der Waals surface area contributed by atoms with E-state index in [0.717, 1.165) is 39.3 Å². The van der Waals surface area contributed by atoms with E-state index in [4.69, 9.17) is 16.6 Å². The van der Waals surface area contributed by atoms with E-state index in [1.165, 1.54) is 0 Å². The molecule has 4 aromatic rings. The van der Waals surface area contributed by atoms with Crippen LogP contribution in [-0.2, 0) is 6.42 Å². The number of amidine groups is 1. The maximum Gasteiger partial charge on any atom is 0.122 e. The van der Waals surface area contributed by atoms with Gasteiger partial charge < -0.3 is 21.1 Å². The molecule has 2 aromatic carbocycles.